The standard InChI is InChI=1S/C19H20FNO3/c1-24-14-6-4-5-13(11-14)17(22)12-21-18(23)19(9-10-19)15-7-2-3-8-16(15)20/h2-8,11,17,22H,9-10,12H2,1H3,(H,21,23). The number of methoxy groups -OCH3 is 1. The third-order valence-electron chi connectivity index (χ3n) is 4.51. The number of benzene rings is 2. The molecule has 24 heavy (non-hydrogen) atoms. The molecule has 0 bridgehead atoms. The first kappa shape index (κ1) is 16.5. The number of nitrogens with one attached hydrogen (secondary N) is 1. The number of halogens is 1. The fraction of sp³-hybridized carbons (Fsp3) is 0.316. The molecule has 1 aliphatic rings. The molecule has 4 nitrogen and oxygen atoms in total. The monoisotopic (exact) mass is 329 g/mol. The Hall–Kier alpha value is -2.40. The topological polar surface area (TPSA) is 58.6 Å². The van der Waals surface area contributed by atoms with E-state index >= 15 is 0 Å². The predicted molar refractivity (Wildman–Crippen MR) is 88.3 cm³/mol. The number of hydrogen-bond donors (Lipinski definition) is 2. The SMILES string of the molecule is COc1cccc(C(O)CNC(=O)C2(c3ccccc3F)CC2)c1. The van der Waals surface area contributed by atoms with Crippen LogP contribution < -0.4 is 10.1 Å². The van der Waals surface area contributed by atoms with Gasteiger partial charge in [-0.05, 0) is 36.6 Å². The molecule has 126 valence electrons. The molecule has 5 heteroatoms. The summed E-state index contributed by atoms with van der Waals surface area (Å²) in [5, 5.41) is 13.0. The fourth-order valence-corrected chi connectivity index (χ4v) is 2.92. The van der Waals surface area contributed by atoms with E-state index in [1.165, 1.54) is 6.07 Å². The van der Waals surface area contributed by atoms with Crippen molar-refractivity contribution in [2.75, 3.05) is 13.7 Å². The minimum Gasteiger partial charge on any atom is -0.497 e. The maximum Gasteiger partial charge on any atom is 0.230 e. The molecule has 0 aliphatic heterocycles. The van der Waals surface area contributed by atoms with Gasteiger partial charge >= 0.3 is 0 Å². The van der Waals surface area contributed by atoms with Gasteiger partial charge in [0, 0.05) is 12.1 Å². The van der Waals surface area contributed by atoms with Gasteiger partial charge < -0.3 is 15.2 Å². The first-order valence-corrected chi connectivity index (χ1v) is 7.92. The van der Waals surface area contributed by atoms with Gasteiger partial charge in [-0.1, -0.05) is 30.3 Å². The van der Waals surface area contributed by atoms with Crippen LogP contribution in [-0.2, 0) is 10.2 Å². The largest absolute Gasteiger partial charge is 0.497 e. The normalized spacial score (nSPS) is 16.3. The van der Waals surface area contributed by atoms with Crippen LogP contribution in [0.25, 0.3) is 0 Å². The summed E-state index contributed by atoms with van der Waals surface area (Å²) in [6.07, 6.45) is 0.393. The van der Waals surface area contributed by atoms with E-state index in [1.54, 1.807) is 49.6 Å². The highest BCUT2D eigenvalue weighted by molar-refractivity contribution is 5.91. The van der Waals surface area contributed by atoms with Crippen molar-refractivity contribution in [1.29, 1.82) is 0 Å². The highest BCUT2D eigenvalue weighted by atomic mass is 19.1. The van der Waals surface area contributed by atoms with E-state index in [2.05, 4.69) is 5.32 Å². The van der Waals surface area contributed by atoms with Crippen LogP contribution in [0.5, 0.6) is 5.75 Å². The van der Waals surface area contributed by atoms with E-state index in [0.717, 1.165) is 0 Å². The lowest BCUT2D eigenvalue weighted by Gasteiger charge is -2.18. The van der Waals surface area contributed by atoms with Crippen LogP contribution in [0, 0.1) is 5.82 Å². The molecule has 1 amide bonds. The van der Waals surface area contributed by atoms with Gasteiger partial charge in [0.25, 0.3) is 0 Å². The fourth-order valence-electron chi connectivity index (χ4n) is 2.92. The Bertz CT molecular complexity index is 743. The van der Waals surface area contributed by atoms with Crippen molar-refractivity contribution in [3.8, 4) is 5.75 Å². The van der Waals surface area contributed by atoms with Gasteiger partial charge in [-0.3, -0.25) is 4.79 Å². The highest BCUT2D eigenvalue weighted by Gasteiger charge is 2.52. The van der Waals surface area contributed by atoms with E-state index < -0.39 is 11.5 Å². The lowest BCUT2D eigenvalue weighted by molar-refractivity contribution is -0.124. The Morgan fingerprint density at radius 2 is 2.04 bits per heavy atom. The van der Waals surface area contributed by atoms with Crippen LogP contribution in [0.4, 0.5) is 4.39 Å². The summed E-state index contributed by atoms with van der Waals surface area (Å²) in [5.74, 6) is 0.0379. The van der Waals surface area contributed by atoms with Gasteiger partial charge in [0.1, 0.15) is 11.6 Å². The third kappa shape index (κ3) is 3.12. The number of hydrogen-bond acceptors (Lipinski definition) is 3. The first-order valence-electron chi connectivity index (χ1n) is 7.92. The Morgan fingerprint density at radius 3 is 2.71 bits per heavy atom. The molecular weight excluding hydrogens is 309 g/mol. The molecule has 0 heterocycles. The zero-order valence-corrected chi connectivity index (χ0v) is 13.5. The molecule has 1 aliphatic carbocycles. The minimum absolute atomic E-state index is 0.0716. The van der Waals surface area contributed by atoms with Crippen molar-refractivity contribution in [2.45, 2.75) is 24.4 Å². The number of amides is 1. The van der Waals surface area contributed by atoms with Crippen molar-refractivity contribution in [3.05, 3.63) is 65.5 Å². The minimum atomic E-state index is -0.847. The second-order valence-electron chi connectivity index (χ2n) is 6.06. The molecule has 1 fully saturated rings. The van der Waals surface area contributed by atoms with Crippen LogP contribution in [0.3, 0.4) is 0 Å². The molecule has 0 saturated heterocycles. The molecule has 3 rings (SSSR count). The van der Waals surface area contributed by atoms with Gasteiger partial charge in [-0.15, -0.1) is 0 Å². The van der Waals surface area contributed by atoms with Crippen molar-refractivity contribution < 1.29 is 19.0 Å². The summed E-state index contributed by atoms with van der Waals surface area (Å²) in [5.41, 5.74) is 0.295. The first-order chi connectivity index (χ1) is 11.6. The van der Waals surface area contributed by atoms with Gasteiger partial charge in [-0.2, -0.15) is 0 Å². The molecule has 2 N–H and O–H groups in total. The number of ether oxygens (including phenoxy) is 1. The van der Waals surface area contributed by atoms with Gasteiger partial charge in [0.15, 0.2) is 0 Å². The molecule has 2 aromatic carbocycles. The van der Waals surface area contributed by atoms with Crippen molar-refractivity contribution in [2.24, 2.45) is 0 Å². The Morgan fingerprint density at radius 1 is 1.29 bits per heavy atom. The van der Waals surface area contributed by atoms with Crippen molar-refractivity contribution in [1.82, 2.24) is 5.32 Å². The number of carbonyl (C=O) groups is 1. The molecule has 2 aromatic rings. The van der Waals surface area contributed by atoms with E-state index in [0.29, 0.717) is 29.7 Å². The molecule has 0 radical (unpaired) electrons. The Kier molecular flexibility index (Phi) is 4.53. The summed E-state index contributed by atoms with van der Waals surface area (Å²) >= 11 is 0. The molecule has 0 aromatic heterocycles. The number of aliphatic hydroxyl groups excluding tert-OH is 1. The van der Waals surface area contributed by atoms with Crippen molar-refractivity contribution in [3.63, 3.8) is 0 Å². The average Bonchev–Trinajstić information content (AvgIpc) is 3.41. The summed E-state index contributed by atoms with van der Waals surface area (Å²) in [7, 11) is 1.55. The molecule has 1 saturated carbocycles. The summed E-state index contributed by atoms with van der Waals surface area (Å²) < 4.78 is 19.1. The second-order valence-corrected chi connectivity index (χ2v) is 6.06. The van der Waals surface area contributed by atoms with Crippen LogP contribution in [-0.4, -0.2) is 24.7 Å². The summed E-state index contributed by atoms with van der Waals surface area (Å²) in [6, 6.07) is 13.4. The van der Waals surface area contributed by atoms with Gasteiger partial charge in [0.05, 0.1) is 18.6 Å². The molecular formula is C19H20FNO3. The molecule has 1 atom stereocenters. The number of carbonyl (C=O) groups excluding carboxylic acids is 1. The van der Waals surface area contributed by atoms with E-state index in [1.807, 2.05) is 0 Å². The van der Waals surface area contributed by atoms with Crippen LogP contribution in [0.1, 0.15) is 30.1 Å². The molecule has 0 spiro atoms. The van der Waals surface area contributed by atoms with Crippen LogP contribution in [0.2, 0.25) is 0 Å². The smallest absolute Gasteiger partial charge is 0.230 e. The summed E-state index contributed by atoms with van der Waals surface area (Å²) in [4.78, 5) is 12.5. The number of rotatable bonds is 6. The maximum absolute atomic E-state index is 14.0. The summed E-state index contributed by atoms with van der Waals surface area (Å²) in [6.45, 7) is 0.0716. The maximum atomic E-state index is 14.0. The van der Waals surface area contributed by atoms with Crippen molar-refractivity contribution >= 4 is 5.91 Å². The zero-order chi connectivity index (χ0) is 17.2. The second kappa shape index (κ2) is 6.61. The molecule has 1 unspecified atom stereocenters. The zero-order valence-electron chi connectivity index (χ0n) is 13.5. The average molecular weight is 329 g/mol. The van der Waals surface area contributed by atoms with Crippen LogP contribution in [0.15, 0.2) is 48.5 Å². The van der Waals surface area contributed by atoms with Gasteiger partial charge in [0.2, 0.25) is 5.91 Å². The van der Waals surface area contributed by atoms with Crippen LogP contribution >= 0.6 is 0 Å². The lowest BCUT2D eigenvalue weighted by Crippen LogP contribution is -2.37. The lowest BCUT2D eigenvalue weighted by atomic mass is 9.94. The van der Waals surface area contributed by atoms with E-state index in [4.69, 9.17) is 4.74 Å². The Labute approximate surface area is 140 Å². The van der Waals surface area contributed by atoms with E-state index in [9.17, 15) is 14.3 Å². The third-order valence-corrected chi connectivity index (χ3v) is 4.51. The van der Waals surface area contributed by atoms with Gasteiger partial charge in [-0.25, -0.2) is 4.39 Å². The quantitative estimate of drug-likeness (QED) is 0.857. The highest BCUT2D eigenvalue weighted by Crippen LogP contribution is 2.49. The predicted octanol–water partition coefficient (Wildman–Crippen LogP) is 2.72. The van der Waals surface area contributed by atoms with E-state index in [-0.39, 0.29) is 18.3 Å². The Balaban J connectivity index is 1.66. The number of aliphatic hydroxyl groups is 1.